The van der Waals surface area contributed by atoms with Crippen LogP contribution < -0.4 is 5.32 Å². The standard InChI is InChI=1S/C17H17ClN2O/c1-3-11-10-20-7-6-14(11)17(19-2)16-9-12-8-13(18)4-5-15(12)21-16/h4-10,17,19H,3H2,1-2H3. The molecule has 4 heteroatoms. The van der Waals surface area contributed by atoms with Crippen LogP contribution in [0, 0.1) is 0 Å². The average molecular weight is 301 g/mol. The molecule has 1 aromatic carbocycles. The van der Waals surface area contributed by atoms with Crippen LogP contribution in [-0.2, 0) is 6.42 Å². The summed E-state index contributed by atoms with van der Waals surface area (Å²) >= 11 is 6.04. The van der Waals surface area contributed by atoms with Crippen LogP contribution in [0.2, 0.25) is 5.02 Å². The summed E-state index contributed by atoms with van der Waals surface area (Å²) in [6, 6.07) is 9.76. The molecular formula is C17H17ClN2O. The molecule has 0 saturated carbocycles. The number of nitrogens with zero attached hydrogens (tertiary/aromatic N) is 1. The molecule has 0 saturated heterocycles. The van der Waals surface area contributed by atoms with Crippen molar-refractivity contribution in [2.24, 2.45) is 0 Å². The number of fused-ring (bicyclic) bond motifs is 1. The van der Waals surface area contributed by atoms with Crippen LogP contribution in [0.4, 0.5) is 0 Å². The van der Waals surface area contributed by atoms with E-state index in [2.05, 4.69) is 17.2 Å². The number of nitrogens with one attached hydrogen (secondary N) is 1. The molecule has 1 atom stereocenters. The molecule has 3 aromatic rings. The zero-order valence-electron chi connectivity index (χ0n) is 12.1. The van der Waals surface area contributed by atoms with E-state index < -0.39 is 0 Å². The number of aryl methyl sites for hydroxylation is 1. The summed E-state index contributed by atoms with van der Waals surface area (Å²) in [5.41, 5.74) is 3.26. The normalized spacial score (nSPS) is 12.7. The molecule has 0 aliphatic heterocycles. The molecule has 0 radical (unpaired) electrons. The lowest BCUT2D eigenvalue weighted by atomic mass is 9.99. The third-order valence-corrected chi connectivity index (χ3v) is 3.94. The van der Waals surface area contributed by atoms with E-state index in [9.17, 15) is 0 Å². The van der Waals surface area contributed by atoms with Gasteiger partial charge < -0.3 is 9.73 Å². The van der Waals surface area contributed by atoms with Gasteiger partial charge in [-0.3, -0.25) is 4.98 Å². The van der Waals surface area contributed by atoms with E-state index in [1.54, 1.807) is 0 Å². The van der Waals surface area contributed by atoms with Crippen LogP contribution >= 0.6 is 11.6 Å². The lowest BCUT2D eigenvalue weighted by Gasteiger charge is -2.17. The van der Waals surface area contributed by atoms with Gasteiger partial charge in [0.05, 0.1) is 6.04 Å². The number of hydrogen-bond donors (Lipinski definition) is 1. The molecule has 0 aliphatic carbocycles. The predicted octanol–water partition coefficient (Wildman–Crippen LogP) is 4.35. The van der Waals surface area contributed by atoms with E-state index in [1.807, 2.05) is 49.8 Å². The van der Waals surface area contributed by atoms with Gasteiger partial charge in [-0.15, -0.1) is 0 Å². The van der Waals surface area contributed by atoms with Gasteiger partial charge in [0.1, 0.15) is 11.3 Å². The molecule has 0 aliphatic rings. The summed E-state index contributed by atoms with van der Waals surface area (Å²) in [4.78, 5) is 4.21. The van der Waals surface area contributed by atoms with Crippen LogP contribution in [0.1, 0.15) is 29.9 Å². The summed E-state index contributed by atoms with van der Waals surface area (Å²) in [5.74, 6) is 0.885. The summed E-state index contributed by atoms with van der Waals surface area (Å²) in [5, 5.41) is 5.07. The van der Waals surface area contributed by atoms with Gasteiger partial charge in [-0.05, 0) is 54.9 Å². The van der Waals surface area contributed by atoms with Gasteiger partial charge in [-0.25, -0.2) is 0 Å². The maximum absolute atomic E-state index is 6.04. The molecule has 1 unspecified atom stereocenters. The van der Waals surface area contributed by atoms with Gasteiger partial charge in [0.2, 0.25) is 0 Å². The predicted molar refractivity (Wildman–Crippen MR) is 85.7 cm³/mol. The highest BCUT2D eigenvalue weighted by molar-refractivity contribution is 6.31. The average Bonchev–Trinajstić information content (AvgIpc) is 2.91. The lowest BCUT2D eigenvalue weighted by Crippen LogP contribution is -2.18. The Labute approximate surface area is 128 Å². The van der Waals surface area contributed by atoms with Gasteiger partial charge in [-0.1, -0.05) is 18.5 Å². The highest BCUT2D eigenvalue weighted by Crippen LogP contribution is 2.30. The Hall–Kier alpha value is -1.84. The molecule has 3 rings (SSSR count). The minimum atomic E-state index is 0.00845. The highest BCUT2D eigenvalue weighted by atomic mass is 35.5. The van der Waals surface area contributed by atoms with Crippen molar-refractivity contribution in [1.82, 2.24) is 10.3 Å². The van der Waals surface area contributed by atoms with E-state index >= 15 is 0 Å². The Kier molecular flexibility index (Phi) is 3.95. The molecule has 108 valence electrons. The zero-order chi connectivity index (χ0) is 14.8. The Morgan fingerprint density at radius 1 is 1.29 bits per heavy atom. The Bertz CT molecular complexity index is 766. The summed E-state index contributed by atoms with van der Waals surface area (Å²) in [7, 11) is 1.94. The Balaban J connectivity index is 2.09. The van der Waals surface area contributed by atoms with Crippen molar-refractivity contribution >= 4 is 22.6 Å². The molecular weight excluding hydrogens is 284 g/mol. The van der Waals surface area contributed by atoms with Gasteiger partial charge in [-0.2, -0.15) is 0 Å². The molecule has 2 aromatic heterocycles. The molecule has 2 heterocycles. The molecule has 0 fully saturated rings. The smallest absolute Gasteiger partial charge is 0.134 e. The number of pyridine rings is 1. The topological polar surface area (TPSA) is 38.1 Å². The van der Waals surface area contributed by atoms with Gasteiger partial charge in [0, 0.05) is 22.8 Å². The van der Waals surface area contributed by atoms with Gasteiger partial charge >= 0.3 is 0 Å². The van der Waals surface area contributed by atoms with E-state index in [1.165, 1.54) is 11.1 Å². The minimum absolute atomic E-state index is 0.00845. The minimum Gasteiger partial charge on any atom is -0.459 e. The number of aromatic nitrogens is 1. The molecule has 0 amide bonds. The van der Waals surface area contributed by atoms with Gasteiger partial charge in [0.25, 0.3) is 0 Å². The second-order valence-corrected chi connectivity index (χ2v) is 5.42. The molecule has 3 nitrogen and oxygen atoms in total. The number of benzene rings is 1. The Morgan fingerprint density at radius 3 is 2.90 bits per heavy atom. The largest absolute Gasteiger partial charge is 0.459 e. The summed E-state index contributed by atoms with van der Waals surface area (Å²) in [6.07, 6.45) is 4.67. The molecule has 1 N–H and O–H groups in total. The van der Waals surface area contributed by atoms with Crippen LogP contribution in [0.5, 0.6) is 0 Å². The highest BCUT2D eigenvalue weighted by Gasteiger charge is 2.19. The van der Waals surface area contributed by atoms with Crippen molar-refractivity contribution < 1.29 is 4.42 Å². The van der Waals surface area contributed by atoms with E-state index in [0.717, 1.165) is 23.2 Å². The number of rotatable bonds is 4. The van der Waals surface area contributed by atoms with Gasteiger partial charge in [0.15, 0.2) is 0 Å². The van der Waals surface area contributed by atoms with Crippen LogP contribution in [-0.4, -0.2) is 12.0 Å². The maximum atomic E-state index is 6.04. The SMILES string of the molecule is CCc1cnccc1C(NC)c1cc2cc(Cl)ccc2o1. The van der Waals surface area contributed by atoms with E-state index in [4.69, 9.17) is 16.0 Å². The maximum Gasteiger partial charge on any atom is 0.134 e. The fraction of sp³-hybridized carbons (Fsp3) is 0.235. The second kappa shape index (κ2) is 5.88. The van der Waals surface area contributed by atoms with E-state index in [0.29, 0.717) is 5.02 Å². The third kappa shape index (κ3) is 2.67. The van der Waals surface area contributed by atoms with Crippen molar-refractivity contribution in [3.8, 4) is 0 Å². The first-order valence-electron chi connectivity index (χ1n) is 7.02. The summed E-state index contributed by atoms with van der Waals surface area (Å²) in [6.45, 7) is 2.13. The number of halogens is 1. The molecule has 0 spiro atoms. The van der Waals surface area contributed by atoms with Crippen molar-refractivity contribution in [3.63, 3.8) is 0 Å². The fourth-order valence-electron chi connectivity index (χ4n) is 2.64. The zero-order valence-corrected chi connectivity index (χ0v) is 12.8. The van der Waals surface area contributed by atoms with Crippen molar-refractivity contribution in [3.05, 3.63) is 64.6 Å². The quantitative estimate of drug-likeness (QED) is 0.778. The van der Waals surface area contributed by atoms with Crippen molar-refractivity contribution in [2.45, 2.75) is 19.4 Å². The number of furan rings is 1. The summed E-state index contributed by atoms with van der Waals surface area (Å²) < 4.78 is 5.99. The first-order valence-corrected chi connectivity index (χ1v) is 7.39. The van der Waals surface area contributed by atoms with Crippen LogP contribution in [0.3, 0.4) is 0 Å². The first-order chi connectivity index (χ1) is 10.2. The van der Waals surface area contributed by atoms with Crippen molar-refractivity contribution in [1.29, 1.82) is 0 Å². The van der Waals surface area contributed by atoms with E-state index in [-0.39, 0.29) is 6.04 Å². The monoisotopic (exact) mass is 300 g/mol. The Morgan fingerprint density at radius 2 is 2.14 bits per heavy atom. The molecule has 21 heavy (non-hydrogen) atoms. The lowest BCUT2D eigenvalue weighted by molar-refractivity contribution is 0.490. The molecule has 0 bridgehead atoms. The van der Waals surface area contributed by atoms with Crippen LogP contribution in [0.15, 0.2) is 47.1 Å². The number of hydrogen-bond acceptors (Lipinski definition) is 3. The fourth-order valence-corrected chi connectivity index (χ4v) is 2.82. The first kappa shape index (κ1) is 14.1. The third-order valence-electron chi connectivity index (χ3n) is 3.70. The van der Waals surface area contributed by atoms with Crippen LogP contribution in [0.25, 0.3) is 11.0 Å². The van der Waals surface area contributed by atoms with Crippen molar-refractivity contribution in [2.75, 3.05) is 7.05 Å². The second-order valence-electron chi connectivity index (χ2n) is 4.98.